The van der Waals surface area contributed by atoms with Crippen molar-refractivity contribution in [2.45, 2.75) is 19.8 Å². The Bertz CT molecular complexity index is 878. The number of hydrogen-bond acceptors (Lipinski definition) is 6. The summed E-state index contributed by atoms with van der Waals surface area (Å²) in [5.74, 6) is -0.116. The molecule has 140 valence electrons. The lowest BCUT2D eigenvalue weighted by atomic mass is 10.2. The standard InChI is InChI=1S/C17H21N3O5S/c1-12(21)19-11-14(10-17(19)22)18-13-5-6-16(25-2)15(9-13)20-7-3-4-8-26(20,23)24/h5-6,9-10,18H,3-4,7-8,11H2,1-2H3. The van der Waals surface area contributed by atoms with Gasteiger partial charge in [-0.15, -0.1) is 0 Å². The zero-order chi connectivity index (χ0) is 18.9. The van der Waals surface area contributed by atoms with Gasteiger partial charge in [-0.1, -0.05) is 0 Å². The Kier molecular flexibility index (Phi) is 4.90. The monoisotopic (exact) mass is 379 g/mol. The Morgan fingerprint density at radius 1 is 1.27 bits per heavy atom. The highest BCUT2D eigenvalue weighted by molar-refractivity contribution is 7.92. The van der Waals surface area contributed by atoms with Crippen molar-refractivity contribution in [3.8, 4) is 5.75 Å². The first-order valence-corrected chi connectivity index (χ1v) is 9.91. The molecule has 2 aliphatic rings. The first-order chi connectivity index (χ1) is 12.3. The van der Waals surface area contributed by atoms with Crippen molar-refractivity contribution < 1.29 is 22.7 Å². The van der Waals surface area contributed by atoms with Crippen LogP contribution < -0.4 is 14.4 Å². The number of rotatable bonds is 4. The van der Waals surface area contributed by atoms with E-state index in [0.717, 1.165) is 11.3 Å². The minimum atomic E-state index is -3.38. The van der Waals surface area contributed by atoms with Crippen molar-refractivity contribution in [3.63, 3.8) is 0 Å². The number of sulfonamides is 1. The van der Waals surface area contributed by atoms with Crippen LogP contribution >= 0.6 is 0 Å². The zero-order valence-electron chi connectivity index (χ0n) is 14.7. The van der Waals surface area contributed by atoms with Crippen LogP contribution in [0.3, 0.4) is 0 Å². The maximum atomic E-state index is 12.4. The number of imide groups is 1. The van der Waals surface area contributed by atoms with Crippen molar-refractivity contribution in [2.24, 2.45) is 0 Å². The normalized spacial score (nSPS) is 19.3. The molecule has 0 spiro atoms. The zero-order valence-corrected chi connectivity index (χ0v) is 15.5. The largest absolute Gasteiger partial charge is 0.495 e. The van der Waals surface area contributed by atoms with Gasteiger partial charge in [-0.3, -0.25) is 18.8 Å². The molecule has 26 heavy (non-hydrogen) atoms. The number of carbonyl (C=O) groups excluding carboxylic acids is 2. The van der Waals surface area contributed by atoms with Gasteiger partial charge in [0.2, 0.25) is 15.9 Å². The number of benzene rings is 1. The Hall–Kier alpha value is -2.55. The van der Waals surface area contributed by atoms with E-state index < -0.39 is 10.0 Å². The summed E-state index contributed by atoms with van der Waals surface area (Å²) in [6.07, 6.45) is 2.80. The van der Waals surface area contributed by atoms with Gasteiger partial charge in [-0.25, -0.2) is 8.42 Å². The molecule has 2 heterocycles. The van der Waals surface area contributed by atoms with Crippen molar-refractivity contribution in [3.05, 3.63) is 30.0 Å². The number of carbonyl (C=O) groups is 2. The fourth-order valence-electron chi connectivity index (χ4n) is 3.07. The summed E-state index contributed by atoms with van der Waals surface area (Å²) in [5.41, 5.74) is 1.65. The van der Waals surface area contributed by atoms with Crippen LogP contribution in [0.5, 0.6) is 5.75 Å². The average molecular weight is 379 g/mol. The molecule has 2 aliphatic heterocycles. The highest BCUT2D eigenvalue weighted by atomic mass is 32.2. The fraction of sp³-hybridized carbons (Fsp3) is 0.412. The molecule has 1 aromatic rings. The lowest BCUT2D eigenvalue weighted by molar-refractivity contribution is -0.138. The van der Waals surface area contributed by atoms with Gasteiger partial charge in [-0.05, 0) is 31.0 Å². The summed E-state index contributed by atoms with van der Waals surface area (Å²) in [7, 11) is -1.89. The molecule has 9 heteroatoms. The maximum absolute atomic E-state index is 12.4. The third-order valence-electron chi connectivity index (χ3n) is 4.37. The second-order valence-corrected chi connectivity index (χ2v) is 8.23. The van der Waals surface area contributed by atoms with Gasteiger partial charge < -0.3 is 10.1 Å². The van der Waals surface area contributed by atoms with Crippen LogP contribution in [-0.2, 0) is 19.6 Å². The summed E-state index contributed by atoms with van der Waals surface area (Å²) in [6.45, 7) is 1.90. The van der Waals surface area contributed by atoms with E-state index in [1.807, 2.05) is 0 Å². The molecule has 0 aromatic heterocycles. The van der Waals surface area contributed by atoms with Gasteiger partial charge in [0.15, 0.2) is 0 Å². The summed E-state index contributed by atoms with van der Waals surface area (Å²) < 4.78 is 31.5. The second kappa shape index (κ2) is 6.99. The SMILES string of the molecule is COc1ccc(NC2=CC(=O)N(C(C)=O)C2)cc1N1CCCCS1(=O)=O. The lowest BCUT2D eigenvalue weighted by Crippen LogP contribution is -2.38. The summed E-state index contributed by atoms with van der Waals surface area (Å²) >= 11 is 0. The van der Waals surface area contributed by atoms with Crippen molar-refractivity contribution in [1.29, 1.82) is 0 Å². The molecule has 0 radical (unpaired) electrons. The highest BCUT2D eigenvalue weighted by Crippen LogP contribution is 2.35. The van der Waals surface area contributed by atoms with E-state index in [4.69, 9.17) is 4.74 Å². The second-order valence-electron chi connectivity index (χ2n) is 6.22. The van der Waals surface area contributed by atoms with Crippen LogP contribution in [0.2, 0.25) is 0 Å². The number of nitrogens with zero attached hydrogens (tertiary/aromatic N) is 2. The number of hydrogen-bond donors (Lipinski definition) is 1. The van der Waals surface area contributed by atoms with Crippen molar-refractivity contribution >= 4 is 33.2 Å². The molecule has 0 aliphatic carbocycles. The third-order valence-corrected chi connectivity index (χ3v) is 6.23. The third kappa shape index (κ3) is 3.52. The number of methoxy groups -OCH3 is 1. The van der Waals surface area contributed by atoms with Crippen LogP contribution in [0, 0.1) is 0 Å². The van der Waals surface area contributed by atoms with E-state index >= 15 is 0 Å². The summed E-state index contributed by atoms with van der Waals surface area (Å²) in [4.78, 5) is 24.3. The minimum absolute atomic E-state index is 0.112. The first kappa shape index (κ1) is 18.2. The average Bonchev–Trinajstić information content (AvgIpc) is 2.95. The molecule has 3 rings (SSSR count). The molecule has 0 saturated carbocycles. The Balaban J connectivity index is 1.88. The van der Waals surface area contributed by atoms with Gasteiger partial charge >= 0.3 is 0 Å². The van der Waals surface area contributed by atoms with Gasteiger partial charge in [0, 0.05) is 30.9 Å². The molecule has 0 bridgehead atoms. The topological polar surface area (TPSA) is 96.0 Å². The molecular weight excluding hydrogens is 358 g/mol. The van der Waals surface area contributed by atoms with Crippen LogP contribution in [0.25, 0.3) is 0 Å². The molecule has 0 unspecified atom stereocenters. The Labute approximate surface area is 152 Å². The van der Waals surface area contributed by atoms with E-state index in [1.165, 1.54) is 24.4 Å². The van der Waals surface area contributed by atoms with Gasteiger partial charge in [0.25, 0.3) is 5.91 Å². The quantitative estimate of drug-likeness (QED) is 0.847. The molecule has 1 saturated heterocycles. The number of amides is 2. The smallest absolute Gasteiger partial charge is 0.255 e. The van der Waals surface area contributed by atoms with E-state index in [2.05, 4.69) is 5.32 Å². The number of nitrogens with one attached hydrogen (secondary N) is 1. The van der Waals surface area contributed by atoms with Crippen LogP contribution in [0.1, 0.15) is 19.8 Å². The molecule has 1 aromatic carbocycles. The predicted octanol–water partition coefficient (Wildman–Crippen LogP) is 1.31. The summed E-state index contributed by atoms with van der Waals surface area (Å²) in [5, 5.41) is 3.08. The highest BCUT2D eigenvalue weighted by Gasteiger charge is 2.29. The van der Waals surface area contributed by atoms with E-state index in [-0.39, 0.29) is 24.1 Å². The molecule has 1 N–H and O–H groups in total. The fourth-order valence-corrected chi connectivity index (χ4v) is 4.71. The van der Waals surface area contributed by atoms with Crippen molar-refractivity contribution in [2.75, 3.05) is 35.6 Å². The Morgan fingerprint density at radius 2 is 2.04 bits per heavy atom. The predicted molar refractivity (Wildman–Crippen MR) is 97.5 cm³/mol. The van der Waals surface area contributed by atoms with E-state index in [1.54, 1.807) is 18.2 Å². The van der Waals surface area contributed by atoms with Gasteiger partial charge in [-0.2, -0.15) is 0 Å². The molecule has 8 nitrogen and oxygen atoms in total. The van der Waals surface area contributed by atoms with E-state index in [0.29, 0.717) is 35.8 Å². The van der Waals surface area contributed by atoms with Crippen LogP contribution in [0.15, 0.2) is 30.0 Å². The number of anilines is 2. The molecule has 0 atom stereocenters. The lowest BCUT2D eigenvalue weighted by Gasteiger charge is -2.29. The summed E-state index contributed by atoms with van der Waals surface area (Å²) in [6, 6.07) is 5.10. The molecule has 2 amide bonds. The van der Waals surface area contributed by atoms with Crippen LogP contribution in [0.4, 0.5) is 11.4 Å². The number of ether oxygens (including phenoxy) is 1. The van der Waals surface area contributed by atoms with Crippen molar-refractivity contribution in [1.82, 2.24) is 4.90 Å². The van der Waals surface area contributed by atoms with Gasteiger partial charge in [0.05, 0.1) is 25.1 Å². The molecular formula is C17H21N3O5S. The maximum Gasteiger partial charge on any atom is 0.255 e. The molecule has 1 fully saturated rings. The minimum Gasteiger partial charge on any atom is -0.495 e. The first-order valence-electron chi connectivity index (χ1n) is 8.30. The van der Waals surface area contributed by atoms with Crippen LogP contribution in [-0.4, -0.2) is 51.1 Å². The Morgan fingerprint density at radius 3 is 2.65 bits per heavy atom. The van der Waals surface area contributed by atoms with Gasteiger partial charge in [0.1, 0.15) is 5.75 Å². The van der Waals surface area contributed by atoms with E-state index in [9.17, 15) is 18.0 Å².